The van der Waals surface area contributed by atoms with Gasteiger partial charge in [0.2, 0.25) is 0 Å². The molecule has 0 radical (unpaired) electrons. The molecule has 2 N–H and O–H groups in total. The Hall–Kier alpha value is -2.05. The number of piperidine rings is 1. The van der Waals surface area contributed by atoms with Gasteiger partial charge in [0, 0.05) is 25.1 Å². The molecule has 1 atom stereocenters. The number of hydrogen-bond donors (Lipinski definition) is 2. The summed E-state index contributed by atoms with van der Waals surface area (Å²) in [7, 11) is 0. The molecular formula is C16H25N3O4. The van der Waals surface area contributed by atoms with Crippen molar-refractivity contribution in [3.8, 4) is 0 Å². The first-order valence-electron chi connectivity index (χ1n) is 8.26. The molecule has 1 saturated heterocycles. The Kier molecular flexibility index (Phi) is 6.01. The largest absolute Gasteiger partial charge is 0.481 e. The number of amides is 2. The highest BCUT2D eigenvalue weighted by atomic mass is 16.5. The normalized spacial score (nSPS) is 18.2. The molecule has 1 fully saturated rings. The highest BCUT2D eigenvalue weighted by Gasteiger charge is 2.28. The van der Waals surface area contributed by atoms with Crippen molar-refractivity contribution in [3.63, 3.8) is 0 Å². The van der Waals surface area contributed by atoms with Gasteiger partial charge in [0.05, 0.1) is 18.2 Å². The summed E-state index contributed by atoms with van der Waals surface area (Å²) in [5, 5.41) is 15.9. The van der Waals surface area contributed by atoms with Crippen LogP contribution in [0, 0.1) is 5.92 Å². The van der Waals surface area contributed by atoms with Gasteiger partial charge < -0.3 is 19.8 Å². The first kappa shape index (κ1) is 17.3. The van der Waals surface area contributed by atoms with Crippen LogP contribution in [0.5, 0.6) is 0 Å². The number of aliphatic carboxylic acids is 1. The van der Waals surface area contributed by atoms with Crippen molar-refractivity contribution in [2.24, 2.45) is 5.92 Å². The molecule has 1 aliphatic rings. The van der Waals surface area contributed by atoms with Crippen molar-refractivity contribution in [2.45, 2.75) is 52.0 Å². The average Bonchev–Trinajstić information content (AvgIpc) is 3.02. The fraction of sp³-hybridized carbons (Fsp3) is 0.688. The molecule has 1 aromatic heterocycles. The van der Waals surface area contributed by atoms with Gasteiger partial charge in [-0.05, 0) is 25.7 Å². The van der Waals surface area contributed by atoms with Gasteiger partial charge in [-0.2, -0.15) is 0 Å². The Morgan fingerprint density at radius 3 is 2.87 bits per heavy atom. The zero-order valence-electron chi connectivity index (χ0n) is 13.7. The van der Waals surface area contributed by atoms with Crippen LogP contribution in [0.15, 0.2) is 10.6 Å². The van der Waals surface area contributed by atoms with Crippen LogP contribution in [0.1, 0.15) is 56.9 Å². The van der Waals surface area contributed by atoms with E-state index in [0.29, 0.717) is 31.1 Å². The van der Waals surface area contributed by atoms with E-state index >= 15 is 0 Å². The quantitative estimate of drug-likeness (QED) is 0.839. The molecule has 0 spiro atoms. The minimum Gasteiger partial charge on any atom is -0.481 e. The molecule has 7 nitrogen and oxygen atoms in total. The van der Waals surface area contributed by atoms with E-state index in [0.717, 1.165) is 18.5 Å². The van der Waals surface area contributed by atoms with Crippen LogP contribution in [0.2, 0.25) is 0 Å². The molecule has 2 rings (SSSR count). The number of rotatable bonds is 6. The number of carbonyl (C=O) groups excluding carboxylic acids is 1. The second kappa shape index (κ2) is 7.99. The SMILES string of the molecule is CCC(CC)c1cc(CNC(=O)N2CCCC(C(=O)O)C2)on1. The fourth-order valence-corrected chi connectivity index (χ4v) is 2.95. The topological polar surface area (TPSA) is 95.7 Å². The number of aromatic nitrogens is 1. The van der Waals surface area contributed by atoms with Crippen LogP contribution >= 0.6 is 0 Å². The van der Waals surface area contributed by atoms with Crippen LogP contribution in [0.4, 0.5) is 4.79 Å². The van der Waals surface area contributed by atoms with E-state index in [1.54, 1.807) is 4.90 Å². The summed E-state index contributed by atoms with van der Waals surface area (Å²) in [4.78, 5) is 24.8. The van der Waals surface area contributed by atoms with Crippen molar-refractivity contribution in [1.29, 1.82) is 0 Å². The van der Waals surface area contributed by atoms with Crippen LogP contribution in [-0.2, 0) is 11.3 Å². The van der Waals surface area contributed by atoms with E-state index in [1.807, 2.05) is 6.07 Å². The van der Waals surface area contributed by atoms with Gasteiger partial charge in [-0.15, -0.1) is 0 Å². The zero-order valence-corrected chi connectivity index (χ0v) is 13.7. The molecule has 0 saturated carbocycles. The molecule has 128 valence electrons. The van der Waals surface area contributed by atoms with Crippen molar-refractivity contribution in [2.75, 3.05) is 13.1 Å². The average molecular weight is 323 g/mol. The van der Waals surface area contributed by atoms with Crippen LogP contribution < -0.4 is 5.32 Å². The molecular weight excluding hydrogens is 298 g/mol. The molecule has 0 aliphatic carbocycles. The summed E-state index contributed by atoms with van der Waals surface area (Å²) < 4.78 is 5.27. The smallest absolute Gasteiger partial charge is 0.317 e. The first-order valence-corrected chi connectivity index (χ1v) is 8.26. The van der Waals surface area contributed by atoms with Gasteiger partial charge in [0.25, 0.3) is 0 Å². The van der Waals surface area contributed by atoms with Gasteiger partial charge in [0.1, 0.15) is 0 Å². The Morgan fingerprint density at radius 2 is 2.22 bits per heavy atom. The van der Waals surface area contributed by atoms with E-state index in [2.05, 4.69) is 24.3 Å². The number of carboxylic acids is 1. The Labute approximate surface area is 136 Å². The minimum absolute atomic E-state index is 0.253. The lowest BCUT2D eigenvalue weighted by Gasteiger charge is -2.30. The number of hydrogen-bond acceptors (Lipinski definition) is 4. The predicted molar refractivity (Wildman–Crippen MR) is 84.0 cm³/mol. The highest BCUT2D eigenvalue weighted by molar-refractivity contribution is 5.76. The second-order valence-electron chi connectivity index (χ2n) is 6.01. The summed E-state index contributed by atoms with van der Waals surface area (Å²) in [6, 6.07) is 1.63. The van der Waals surface area contributed by atoms with Gasteiger partial charge in [0.15, 0.2) is 5.76 Å². The van der Waals surface area contributed by atoms with E-state index in [9.17, 15) is 9.59 Å². The van der Waals surface area contributed by atoms with E-state index in [4.69, 9.17) is 9.63 Å². The van der Waals surface area contributed by atoms with E-state index in [-0.39, 0.29) is 19.1 Å². The maximum atomic E-state index is 12.2. The highest BCUT2D eigenvalue weighted by Crippen LogP contribution is 2.22. The van der Waals surface area contributed by atoms with Gasteiger partial charge in [-0.1, -0.05) is 19.0 Å². The molecule has 1 aliphatic heterocycles. The standard InChI is InChI=1S/C16H25N3O4/c1-3-11(4-2)14-8-13(23-18-14)9-17-16(22)19-7-5-6-12(10-19)15(20)21/h8,11-12H,3-7,9-10H2,1-2H3,(H,17,22)(H,20,21). The lowest BCUT2D eigenvalue weighted by Crippen LogP contribution is -2.46. The van der Waals surface area contributed by atoms with Crippen molar-refractivity contribution in [3.05, 3.63) is 17.5 Å². The number of nitrogens with one attached hydrogen (secondary N) is 1. The number of likely N-dealkylation sites (tertiary alicyclic amines) is 1. The Bertz CT molecular complexity index is 539. The second-order valence-corrected chi connectivity index (χ2v) is 6.01. The van der Waals surface area contributed by atoms with Gasteiger partial charge in [-0.25, -0.2) is 4.79 Å². The third-order valence-electron chi connectivity index (χ3n) is 4.45. The first-order chi connectivity index (χ1) is 11.0. The van der Waals surface area contributed by atoms with Crippen LogP contribution in [0.25, 0.3) is 0 Å². The van der Waals surface area contributed by atoms with Crippen molar-refractivity contribution < 1.29 is 19.2 Å². The van der Waals surface area contributed by atoms with Crippen molar-refractivity contribution >= 4 is 12.0 Å². The zero-order chi connectivity index (χ0) is 16.8. The van der Waals surface area contributed by atoms with Crippen molar-refractivity contribution in [1.82, 2.24) is 15.4 Å². The summed E-state index contributed by atoms with van der Waals surface area (Å²) in [6.07, 6.45) is 3.34. The van der Waals surface area contributed by atoms with E-state index < -0.39 is 11.9 Å². The maximum Gasteiger partial charge on any atom is 0.317 e. The molecule has 1 unspecified atom stereocenters. The molecule has 2 amide bonds. The molecule has 23 heavy (non-hydrogen) atoms. The van der Waals surface area contributed by atoms with E-state index in [1.165, 1.54) is 0 Å². The number of nitrogens with zero attached hydrogens (tertiary/aromatic N) is 2. The summed E-state index contributed by atoms with van der Waals surface area (Å²) >= 11 is 0. The summed E-state index contributed by atoms with van der Waals surface area (Å²) in [5.74, 6) is -0.317. The third kappa shape index (κ3) is 4.46. The Balaban J connectivity index is 1.85. The lowest BCUT2D eigenvalue weighted by atomic mass is 9.99. The number of carboxylic acid groups (broad SMARTS) is 1. The number of carbonyl (C=O) groups is 2. The third-order valence-corrected chi connectivity index (χ3v) is 4.45. The summed E-state index contributed by atoms with van der Waals surface area (Å²) in [6.45, 7) is 5.33. The molecule has 0 bridgehead atoms. The monoisotopic (exact) mass is 323 g/mol. The molecule has 2 heterocycles. The lowest BCUT2D eigenvalue weighted by molar-refractivity contribution is -0.143. The van der Waals surface area contributed by atoms with Gasteiger partial charge in [-0.3, -0.25) is 4.79 Å². The summed E-state index contributed by atoms with van der Waals surface area (Å²) in [5.41, 5.74) is 0.920. The molecule has 1 aromatic rings. The van der Waals surface area contributed by atoms with Crippen LogP contribution in [-0.4, -0.2) is 40.3 Å². The number of urea groups is 1. The molecule has 7 heteroatoms. The molecule has 0 aromatic carbocycles. The van der Waals surface area contributed by atoms with Crippen LogP contribution in [0.3, 0.4) is 0 Å². The van der Waals surface area contributed by atoms with Gasteiger partial charge >= 0.3 is 12.0 Å². The fourth-order valence-electron chi connectivity index (χ4n) is 2.95. The maximum absolute atomic E-state index is 12.2. The predicted octanol–water partition coefficient (Wildman–Crippen LogP) is 2.58. The Morgan fingerprint density at radius 1 is 1.48 bits per heavy atom. The minimum atomic E-state index is -0.840.